The Kier molecular flexibility index (Phi) is 4.76. The van der Waals surface area contributed by atoms with Crippen LogP contribution in [-0.2, 0) is 14.8 Å². The fraction of sp³-hybridized carbons (Fsp3) is 0.500. The molecule has 0 aliphatic carbocycles. The monoisotopic (exact) mass is 294 g/mol. The van der Waals surface area contributed by atoms with Crippen LogP contribution in [0.15, 0.2) is 29.2 Å². The highest BCUT2D eigenvalue weighted by Gasteiger charge is 2.29. The molecular weight excluding hydrogens is 276 g/mol. The average Bonchev–Trinajstić information content (AvgIpc) is 2.97. The number of ether oxygens (including phenoxy) is 1. The van der Waals surface area contributed by atoms with Crippen molar-refractivity contribution in [2.24, 2.45) is 0 Å². The summed E-state index contributed by atoms with van der Waals surface area (Å²) in [6.45, 7) is 3.19. The molecule has 1 saturated heterocycles. The Balaban J connectivity index is 2.29. The zero-order chi connectivity index (χ0) is 14.6. The van der Waals surface area contributed by atoms with Crippen LogP contribution in [0.2, 0.25) is 0 Å². The topological polar surface area (TPSA) is 70.4 Å². The van der Waals surface area contributed by atoms with E-state index in [-0.39, 0.29) is 16.6 Å². The van der Waals surface area contributed by atoms with Crippen molar-refractivity contribution in [1.29, 1.82) is 5.26 Å². The Labute approximate surface area is 119 Å². The molecule has 0 N–H and O–H groups in total. The first kappa shape index (κ1) is 15.0. The minimum absolute atomic E-state index is 0.0426. The summed E-state index contributed by atoms with van der Waals surface area (Å²) in [6, 6.07) is 8.23. The molecule has 1 aromatic rings. The molecule has 1 aliphatic rings. The second-order valence-corrected chi connectivity index (χ2v) is 6.61. The molecule has 0 aromatic heterocycles. The Bertz CT molecular complexity index is 601. The third-order valence-electron chi connectivity index (χ3n) is 3.41. The van der Waals surface area contributed by atoms with Gasteiger partial charge in [-0.1, -0.05) is 19.1 Å². The lowest BCUT2D eigenvalue weighted by molar-refractivity contribution is 0.0947. The molecule has 2 rings (SSSR count). The van der Waals surface area contributed by atoms with E-state index in [4.69, 9.17) is 10.00 Å². The van der Waals surface area contributed by atoms with Crippen LogP contribution in [-0.4, -0.2) is 38.5 Å². The molecule has 108 valence electrons. The molecule has 0 saturated carbocycles. The fourth-order valence-corrected chi connectivity index (χ4v) is 3.96. The predicted octanol–water partition coefficient (Wildman–Crippen LogP) is 1.75. The van der Waals surface area contributed by atoms with Crippen molar-refractivity contribution in [3.05, 3.63) is 29.8 Å². The van der Waals surface area contributed by atoms with Crippen LogP contribution in [0.5, 0.6) is 0 Å². The molecule has 1 atom stereocenters. The van der Waals surface area contributed by atoms with Gasteiger partial charge < -0.3 is 4.74 Å². The first-order chi connectivity index (χ1) is 9.59. The lowest BCUT2D eigenvalue weighted by Gasteiger charge is -2.23. The van der Waals surface area contributed by atoms with Gasteiger partial charge in [0.25, 0.3) is 0 Å². The van der Waals surface area contributed by atoms with Crippen molar-refractivity contribution < 1.29 is 13.2 Å². The van der Waals surface area contributed by atoms with Crippen LogP contribution in [0.3, 0.4) is 0 Å². The molecule has 20 heavy (non-hydrogen) atoms. The normalized spacial score (nSPS) is 19.1. The van der Waals surface area contributed by atoms with E-state index in [0.29, 0.717) is 19.7 Å². The number of nitriles is 1. The molecule has 0 radical (unpaired) electrons. The fourth-order valence-electron chi connectivity index (χ4n) is 2.34. The van der Waals surface area contributed by atoms with Gasteiger partial charge in [-0.25, -0.2) is 8.42 Å². The van der Waals surface area contributed by atoms with Gasteiger partial charge in [0.15, 0.2) is 0 Å². The number of benzene rings is 1. The summed E-state index contributed by atoms with van der Waals surface area (Å²) >= 11 is 0. The van der Waals surface area contributed by atoms with Crippen molar-refractivity contribution in [2.45, 2.75) is 30.8 Å². The second kappa shape index (κ2) is 6.35. The Morgan fingerprint density at radius 2 is 2.20 bits per heavy atom. The van der Waals surface area contributed by atoms with E-state index in [9.17, 15) is 8.42 Å². The molecule has 0 bridgehead atoms. The maximum Gasteiger partial charge on any atom is 0.244 e. The maximum absolute atomic E-state index is 12.7. The highest BCUT2D eigenvalue weighted by atomic mass is 32.2. The van der Waals surface area contributed by atoms with Crippen LogP contribution in [0, 0.1) is 11.3 Å². The Morgan fingerprint density at radius 1 is 1.45 bits per heavy atom. The van der Waals surface area contributed by atoms with Gasteiger partial charge in [-0.3, -0.25) is 0 Å². The number of nitrogens with zero attached hydrogens (tertiary/aromatic N) is 2. The first-order valence-electron chi connectivity index (χ1n) is 6.70. The van der Waals surface area contributed by atoms with Crippen LogP contribution < -0.4 is 0 Å². The van der Waals surface area contributed by atoms with Gasteiger partial charge in [-0.15, -0.1) is 0 Å². The summed E-state index contributed by atoms with van der Waals surface area (Å²) < 4.78 is 32.2. The third-order valence-corrected chi connectivity index (χ3v) is 5.41. The number of hydrogen-bond acceptors (Lipinski definition) is 4. The summed E-state index contributed by atoms with van der Waals surface area (Å²) in [5.74, 6) is 0. The molecule has 5 nitrogen and oxygen atoms in total. The zero-order valence-electron chi connectivity index (χ0n) is 11.4. The highest BCUT2D eigenvalue weighted by molar-refractivity contribution is 7.89. The second-order valence-electron chi connectivity index (χ2n) is 4.70. The zero-order valence-corrected chi connectivity index (χ0v) is 12.3. The Morgan fingerprint density at radius 3 is 2.80 bits per heavy atom. The number of sulfonamides is 1. The van der Waals surface area contributed by atoms with Gasteiger partial charge in [-0.2, -0.15) is 9.57 Å². The summed E-state index contributed by atoms with van der Waals surface area (Å²) in [5, 5.41) is 9.06. The van der Waals surface area contributed by atoms with E-state index < -0.39 is 10.0 Å². The van der Waals surface area contributed by atoms with Gasteiger partial charge in [0.05, 0.1) is 16.6 Å². The predicted molar refractivity (Wildman–Crippen MR) is 74.6 cm³/mol. The summed E-state index contributed by atoms with van der Waals surface area (Å²) in [5.41, 5.74) is 0.179. The lowest BCUT2D eigenvalue weighted by Crippen LogP contribution is -2.37. The van der Waals surface area contributed by atoms with Crippen molar-refractivity contribution >= 4 is 10.0 Å². The maximum atomic E-state index is 12.7. The van der Waals surface area contributed by atoms with Crippen molar-refractivity contribution in [1.82, 2.24) is 4.31 Å². The molecule has 1 aliphatic heterocycles. The van der Waals surface area contributed by atoms with E-state index in [1.165, 1.54) is 16.4 Å². The summed E-state index contributed by atoms with van der Waals surface area (Å²) in [4.78, 5) is 0.0716. The standard InChI is InChI=1S/C14H18N2O3S/c1-2-16(11-13-7-5-9-19-13)20(17,18)14-8-4-3-6-12(14)10-15/h3-4,6,8,13H,2,5,7,9,11H2,1H3. The smallest absolute Gasteiger partial charge is 0.244 e. The van der Waals surface area contributed by atoms with Crippen LogP contribution >= 0.6 is 0 Å². The van der Waals surface area contributed by atoms with Gasteiger partial charge in [0.2, 0.25) is 10.0 Å². The summed E-state index contributed by atoms with van der Waals surface area (Å²) in [6.07, 6.45) is 1.81. The van der Waals surface area contributed by atoms with Gasteiger partial charge in [0, 0.05) is 19.7 Å². The minimum Gasteiger partial charge on any atom is -0.377 e. The summed E-state index contributed by atoms with van der Waals surface area (Å²) in [7, 11) is -3.65. The van der Waals surface area contributed by atoms with Crippen molar-refractivity contribution in [3.63, 3.8) is 0 Å². The quantitative estimate of drug-likeness (QED) is 0.829. The molecular formula is C14H18N2O3S. The van der Waals surface area contributed by atoms with E-state index in [0.717, 1.165) is 12.8 Å². The molecule has 1 aromatic carbocycles. The lowest BCUT2D eigenvalue weighted by atomic mass is 10.2. The van der Waals surface area contributed by atoms with Gasteiger partial charge >= 0.3 is 0 Å². The molecule has 6 heteroatoms. The van der Waals surface area contributed by atoms with Crippen molar-refractivity contribution in [2.75, 3.05) is 19.7 Å². The SMILES string of the molecule is CCN(CC1CCCO1)S(=O)(=O)c1ccccc1C#N. The molecule has 0 spiro atoms. The number of rotatable bonds is 5. The van der Waals surface area contributed by atoms with Crippen LogP contribution in [0.1, 0.15) is 25.3 Å². The van der Waals surface area contributed by atoms with Gasteiger partial charge in [-0.05, 0) is 25.0 Å². The number of likely N-dealkylation sites (N-methyl/N-ethyl adjacent to an activating group) is 1. The largest absolute Gasteiger partial charge is 0.377 e. The van der Waals surface area contributed by atoms with Crippen molar-refractivity contribution in [3.8, 4) is 6.07 Å². The van der Waals surface area contributed by atoms with Gasteiger partial charge in [0.1, 0.15) is 6.07 Å². The first-order valence-corrected chi connectivity index (χ1v) is 8.14. The van der Waals surface area contributed by atoms with E-state index in [1.807, 2.05) is 6.07 Å². The highest BCUT2D eigenvalue weighted by Crippen LogP contribution is 2.22. The molecule has 1 heterocycles. The average molecular weight is 294 g/mol. The van der Waals surface area contributed by atoms with E-state index >= 15 is 0 Å². The van der Waals surface area contributed by atoms with E-state index in [2.05, 4.69) is 0 Å². The van der Waals surface area contributed by atoms with Crippen LogP contribution in [0.25, 0.3) is 0 Å². The number of hydrogen-bond donors (Lipinski definition) is 0. The van der Waals surface area contributed by atoms with E-state index in [1.54, 1.807) is 19.1 Å². The molecule has 1 unspecified atom stereocenters. The van der Waals surface area contributed by atoms with Crippen LogP contribution in [0.4, 0.5) is 0 Å². The molecule has 0 amide bonds. The minimum atomic E-state index is -3.65. The molecule has 1 fully saturated rings. The third kappa shape index (κ3) is 3.01. The Hall–Kier alpha value is -1.42.